The lowest BCUT2D eigenvalue weighted by Gasteiger charge is -2.40. The number of ether oxygens (including phenoxy) is 4. The summed E-state index contributed by atoms with van der Waals surface area (Å²) in [6.07, 6.45) is 7.65. The van der Waals surface area contributed by atoms with Crippen LogP contribution in [0.5, 0.6) is 0 Å². The molecule has 314 valence electrons. The number of hydrogen-bond donors (Lipinski definition) is 2. The van der Waals surface area contributed by atoms with Gasteiger partial charge in [0.2, 0.25) is 0 Å². The van der Waals surface area contributed by atoms with Crippen LogP contribution in [0.1, 0.15) is 99.5 Å². The first-order valence-electron chi connectivity index (χ1n) is 20.2. The van der Waals surface area contributed by atoms with Crippen molar-refractivity contribution in [1.82, 2.24) is 15.2 Å². The van der Waals surface area contributed by atoms with E-state index in [1.807, 2.05) is 58.3 Å². The van der Waals surface area contributed by atoms with E-state index < -0.39 is 71.2 Å². The van der Waals surface area contributed by atoms with E-state index in [9.17, 15) is 29.1 Å². The Bertz CT molecular complexity index is 1770. The Morgan fingerprint density at radius 3 is 2.32 bits per heavy atom. The number of pyridine rings is 1. The fraction of sp³-hybridized carbons (Fsp3) is 0.636. The van der Waals surface area contributed by atoms with Crippen LogP contribution < -0.4 is 5.32 Å². The largest absolute Gasteiger partial charge is 0.458 e. The molecular weight excluding hydrogens is 730 g/mol. The number of carbonyl (C=O) groups is 5. The van der Waals surface area contributed by atoms with Crippen molar-refractivity contribution in [1.29, 1.82) is 0 Å². The van der Waals surface area contributed by atoms with Crippen LogP contribution in [0.2, 0.25) is 0 Å². The van der Waals surface area contributed by atoms with Crippen molar-refractivity contribution in [3.05, 3.63) is 48.3 Å². The van der Waals surface area contributed by atoms with E-state index >= 15 is 0 Å². The van der Waals surface area contributed by atoms with Gasteiger partial charge in [-0.15, -0.1) is 0 Å². The van der Waals surface area contributed by atoms with Gasteiger partial charge in [0.15, 0.2) is 6.29 Å². The van der Waals surface area contributed by atoms with Gasteiger partial charge >= 0.3 is 18.0 Å². The number of amides is 1. The molecule has 5 rings (SSSR count). The Kier molecular flexibility index (Phi) is 15.6. The smallest absolute Gasteiger partial charge is 0.407 e. The van der Waals surface area contributed by atoms with E-state index in [0.29, 0.717) is 12.5 Å². The van der Waals surface area contributed by atoms with Gasteiger partial charge < -0.3 is 34.3 Å². The van der Waals surface area contributed by atoms with Gasteiger partial charge in [0.25, 0.3) is 0 Å². The number of benzene rings is 1. The van der Waals surface area contributed by atoms with Gasteiger partial charge in [0, 0.05) is 66.0 Å². The van der Waals surface area contributed by atoms with E-state index in [1.54, 1.807) is 53.1 Å². The van der Waals surface area contributed by atoms with Crippen LogP contribution in [-0.4, -0.2) is 101 Å². The Hall–Kier alpha value is -4.20. The highest BCUT2D eigenvalue weighted by atomic mass is 16.6. The molecule has 3 saturated heterocycles. The number of alkyl carbamates (subject to hydrolysis) is 1. The lowest BCUT2D eigenvalue weighted by Crippen LogP contribution is -2.51. The number of aliphatic hydroxyl groups excluding tert-OH is 1. The summed E-state index contributed by atoms with van der Waals surface area (Å²) >= 11 is 0. The van der Waals surface area contributed by atoms with E-state index in [4.69, 9.17) is 18.9 Å². The number of nitrogens with one attached hydrogen (secondary N) is 1. The number of esters is 2. The van der Waals surface area contributed by atoms with Gasteiger partial charge in [-0.25, -0.2) is 4.79 Å². The molecule has 3 aliphatic heterocycles. The topological polar surface area (TPSA) is 171 Å². The Balaban J connectivity index is 0.000000563. The van der Waals surface area contributed by atoms with Crippen LogP contribution >= 0.6 is 0 Å². The van der Waals surface area contributed by atoms with E-state index in [-0.39, 0.29) is 43.5 Å². The van der Waals surface area contributed by atoms with Gasteiger partial charge in [-0.2, -0.15) is 0 Å². The molecule has 1 amide bonds. The molecule has 57 heavy (non-hydrogen) atoms. The van der Waals surface area contributed by atoms with Crippen LogP contribution in [0.3, 0.4) is 0 Å². The zero-order chi connectivity index (χ0) is 42.2. The third-order valence-electron chi connectivity index (χ3n) is 11.9. The molecule has 0 spiro atoms. The van der Waals surface area contributed by atoms with Crippen molar-refractivity contribution < 1.29 is 48.0 Å². The quantitative estimate of drug-likeness (QED) is 0.191. The minimum atomic E-state index is -1.23. The summed E-state index contributed by atoms with van der Waals surface area (Å²) in [6, 6.07) is 8.34. The van der Waals surface area contributed by atoms with E-state index in [2.05, 4.69) is 15.2 Å². The zero-order valence-electron chi connectivity index (χ0n) is 35.3. The Morgan fingerprint density at radius 1 is 1.00 bits per heavy atom. The summed E-state index contributed by atoms with van der Waals surface area (Å²) in [4.78, 5) is 72.6. The van der Waals surface area contributed by atoms with Crippen LogP contribution in [0.4, 0.5) is 4.79 Å². The number of aliphatic hydroxyl groups is 1. The summed E-state index contributed by atoms with van der Waals surface area (Å²) in [5.74, 6) is -5.17. The molecule has 13 heteroatoms. The summed E-state index contributed by atoms with van der Waals surface area (Å²) in [7, 11) is 4.07. The fourth-order valence-electron chi connectivity index (χ4n) is 8.80. The average Bonchev–Trinajstić information content (AvgIpc) is 3.47. The first kappa shape index (κ1) is 45.5. The molecule has 3 fully saturated rings. The second-order valence-corrected chi connectivity index (χ2v) is 16.9. The predicted molar refractivity (Wildman–Crippen MR) is 216 cm³/mol. The molecule has 0 bridgehead atoms. The molecule has 0 saturated carbocycles. The van der Waals surface area contributed by atoms with Crippen molar-refractivity contribution >= 4 is 46.4 Å². The highest BCUT2D eigenvalue weighted by Crippen LogP contribution is 2.44. The SMILES string of the molecule is CC1CC(N(C)C)CC(O)O1.CC[C@H]1OC(=O)C(C)C(=O)[C@H](C)C[C@](C)(OC(=O)NC/C=C/c2cncc3ccccc23)C[C@@H](C)C(=O)C(C)C2CC(=O)O[C@@]21C. The fourth-order valence-corrected chi connectivity index (χ4v) is 8.80. The monoisotopic (exact) mass is 793 g/mol. The number of nitrogens with zero attached hydrogens (tertiary/aromatic N) is 2. The average molecular weight is 794 g/mol. The highest BCUT2D eigenvalue weighted by Gasteiger charge is 2.56. The van der Waals surface area contributed by atoms with Gasteiger partial charge in [-0.1, -0.05) is 64.1 Å². The van der Waals surface area contributed by atoms with Crippen LogP contribution in [0.25, 0.3) is 16.8 Å². The summed E-state index contributed by atoms with van der Waals surface area (Å²) in [5.41, 5.74) is -1.55. The van der Waals surface area contributed by atoms with Crippen molar-refractivity contribution in [3.63, 3.8) is 0 Å². The van der Waals surface area contributed by atoms with Gasteiger partial charge in [0.1, 0.15) is 34.8 Å². The molecule has 3 aliphatic rings. The number of ketones is 2. The van der Waals surface area contributed by atoms with Crippen LogP contribution in [0, 0.1) is 29.6 Å². The predicted octanol–water partition coefficient (Wildman–Crippen LogP) is 6.29. The van der Waals surface area contributed by atoms with Crippen molar-refractivity contribution in [2.75, 3.05) is 20.6 Å². The lowest BCUT2D eigenvalue weighted by molar-refractivity contribution is -0.183. The summed E-state index contributed by atoms with van der Waals surface area (Å²) in [5, 5.41) is 14.0. The molecule has 1 aromatic carbocycles. The zero-order valence-corrected chi connectivity index (χ0v) is 35.3. The third-order valence-corrected chi connectivity index (χ3v) is 11.9. The van der Waals surface area contributed by atoms with Crippen molar-refractivity contribution in [3.8, 4) is 0 Å². The number of fused-ring (bicyclic) bond motifs is 2. The molecule has 2 N–H and O–H groups in total. The maximum Gasteiger partial charge on any atom is 0.407 e. The number of rotatable bonds is 6. The van der Waals surface area contributed by atoms with Crippen molar-refractivity contribution in [2.24, 2.45) is 29.6 Å². The first-order chi connectivity index (χ1) is 26.8. The number of cyclic esters (lactones) is 1. The van der Waals surface area contributed by atoms with Gasteiger partial charge in [-0.05, 0) is 72.9 Å². The molecule has 6 unspecified atom stereocenters. The Labute approximate surface area is 337 Å². The normalized spacial score (nSPS) is 34.1. The first-order valence-corrected chi connectivity index (χ1v) is 20.2. The molecular formula is C44H63N3O10. The molecule has 1 aromatic heterocycles. The maximum absolute atomic E-state index is 13.9. The minimum absolute atomic E-state index is 0.00816. The lowest BCUT2D eigenvalue weighted by atomic mass is 9.71. The molecule has 2 aromatic rings. The third kappa shape index (κ3) is 11.5. The Morgan fingerprint density at radius 2 is 1.67 bits per heavy atom. The molecule has 4 heterocycles. The van der Waals surface area contributed by atoms with Gasteiger partial charge in [-0.3, -0.25) is 24.2 Å². The van der Waals surface area contributed by atoms with E-state index in [1.165, 1.54) is 6.92 Å². The van der Waals surface area contributed by atoms with Crippen LogP contribution in [-0.2, 0) is 38.1 Å². The minimum Gasteiger partial charge on any atom is -0.458 e. The molecule has 13 nitrogen and oxygen atoms in total. The van der Waals surface area contributed by atoms with E-state index in [0.717, 1.165) is 29.2 Å². The van der Waals surface area contributed by atoms with Crippen molar-refractivity contribution in [2.45, 2.75) is 130 Å². The number of aromatic nitrogens is 1. The summed E-state index contributed by atoms with van der Waals surface area (Å²) < 4.78 is 22.7. The highest BCUT2D eigenvalue weighted by molar-refractivity contribution is 5.99. The van der Waals surface area contributed by atoms with Crippen LogP contribution in [0.15, 0.2) is 42.7 Å². The second kappa shape index (κ2) is 19.5. The summed E-state index contributed by atoms with van der Waals surface area (Å²) in [6.45, 7) is 14.1. The number of Topliss-reactive ketones (excluding diaryl/α,β-unsaturated/α-hetero) is 2. The maximum atomic E-state index is 13.9. The number of carbonyl (C=O) groups excluding carboxylic acids is 5. The molecule has 0 radical (unpaired) electrons. The van der Waals surface area contributed by atoms with Gasteiger partial charge in [0.05, 0.1) is 12.5 Å². The molecule has 0 aliphatic carbocycles. The standard InChI is InChI=1S/C36H46N2O8.C8H17NO2/c1-8-29-36(7)28(16-30(39)45-36)23(4)31(40)21(2)17-35(6,18-22(3)32(41)24(5)33(42)44-29)46-34(43)38-15-11-13-26-20-37-19-25-12-9-10-14-27(25)26;1-6-4-7(9(2)3)5-8(10)11-6/h9-14,19-24,28-29H,8,15-18H2,1-7H3,(H,38,43);6-8,10H,4-5H2,1-3H3/b13-11+;/t21-,22-,23?,24?,28?,29-,35-,36+;/m1./s1. The number of hydrogen-bond acceptors (Lipinski definition) is 12. The molecule has 11 atom stereocenters. The second-order valence-electron chi connectivity index (χ2n) is 16.9.